The molecule has 1 aromatic carbocycles. The second kappa shape index (κ2) is 16.1. The van der Waals surface area contributed by atoms with Gasteiger partial charge in [-0.1, -0.05) is 70.9 Å². The quantitative estimate of drug-likeness (QED) is 0.349. The number of aromatic nitrogens is 2. The van der Waals surface area contributed by atoms with Crippen LogP contribution in [0.5, 0.6) is 0 Å². The van der Waals surface area contributed by atoms with Gasteiger partial charge in [0.05, 0.1) is 29.1 Å². The normalized spacial score (nSPS) is 12.9. The van der Waals surface area contributed by atoms with Crippen LogP contribution >= 0.6 is 0 Å². The lowest BCUT2D eigenvalue weighted by Crippen LogP contribution is -2.22. The van der Waals surface area contributed by atoms with Crippen molar-refractivity contribution >= 4 is 22.5 Å². The summed E-state index contributed by atoms with van der Waals surface area (Å²) in [5, 5.41) is 12.1. The summed E-state index contributed by atoms with van der Waals surface area (Å²) in [4.78, 5) is 22.4. The first-order chi connectivity index (χ1) is 16.3. The van der Waals surface area contributed by atoms with Gasteiger partial charge in [0.25, 0.3) is 0 Å². The van der Waals surface area contributed by atoms with Crippen LogP contribution in [0.4, 0.5) is 5.82 Å². The van der Waals surface area contributed by atoms with E-state index in [2.05, 4.69) is 34.0 Å². The zero-order chi connectivity index (χ0) is 25.5. The lowest BCUT2D eigenvalue weighted by molar-refractivity contribution is -0.117. The number of nitrogens with one attached hydrogen (secondary N) is 1. The van der Waals surface area contributed by atoms with Crippen molar-refractivity contribution in [1.82, 2.24) is 9.97 Å². The lowest BCUT2D eigenvalue weighted by Gasteiger charge is -2.18. The maximum absolute atomic E-state index is 13.2. The first-order valence-corrected chi connectivity index (χ1v) is 13.6. The van der Waals surface area contributed by atoms with Crippen molar-refractivity contribution in [2.45, 2.75) is 90.1 Å². The van der Waals surface area contributed by atoms with E-state index in [9.17, 15) is 14.1 Å². The zero-order valence-corrected chi connectivity index (χ0v) is 22.2. The summed E-state index contributed by atoms with van der Waals surface area (Å²) in [7, 11) is -1.07. The standard InChI is InChI=1S/C25H33N3O3S.C2H6/c1-5-6-7-8-9-10-22(20-12-14-23(32(4)31)18(2)15-20)25(30)28-24-17-26-21(16-27-24)13-11-19(3)29;1-2/h12,14-17,19,22,29H,5-10H2,1-4H3,(H,27,28,30);1-2H3. The van der Waals surface area contributed by atoms with Gasteiger partial charge in [-0.2, -0.15) is 0 Å². The molecule has 0 spiro atoms. The third-order valence-corrected chi connectivity index (χ3v) is 6.21. The Labute approximate surface area is 207 Å². The summed E-state index contributed by atoms with van der Waals surface area (Å²) in [6, 6.07) is 5.72. The number of hydrogen-bond donors (Lipinski definition) is 2. The molecule has 1 aromatic heterocycles. The number of benzene rings is 1. The molecule has 3 atom stereocenters. The Bertz CT molecular complexity index is 979. The van der Waals surface area contributed by atoms with Crippen molar-refractivity contribution in [3.63, 3.8) is 0 Å². The van der Waals surface area contributed by atoms with Gasteiger partial charge in [-0.05, 0) is 43.4 Å². The Morgan fingerprint density at radius 1 is 1.15 bits per heavy atom. The number of amides is 1. The van der Waals surface area contributed by atoms with E-state index in [4.69, 9.17) is 0 Å². The maximum Gasteiger partial charge on any atom is 0.233 e. The molecule has 6 nitrogen and oxygen atoms in total. The molecular formula is C27H39N3O3S. The van der Waals surface area contributed by atoms with Crippen molar-refractivity contribution in [2.24, 2.45) is 0 Å². The van der Waals surface area contributed by atoms with E-state index >= 15 is 0 Å². The number of hydrogen-bond acceptors (Lipinski definition) is 5. The van der Waals surface area contributed by atoms with Crippen LogP contribution < -0.4 is 5.32 Å². The lowest BCUT2D eigenvalue weighted by atomic mass is 9.91. The third-order valence-electron chi connectivity index (χ3n) is 5.14. The average molecular weight is 486 g/mol. The molecule has 0 aliphatic carbocycles. The maximum atomic E-state index is 13.2. The number of anilines is 1. The van der Waals surface area contributed by atoms with E-state index in [0.29, 0.717) is 11.5 Å². The molecule has 0 fully saturated rings. The number of aliphatic hydroxyl groups is 1. The highest BCUT2D eigenvalue weighted by Gasteiger charge is 2.22. The van der Waals surface area contributed by atoms with Crippen LogP contribution in [0.3, 0.4) is 0 Å². The van der Waals surface area contributed by atoms with Gasteiger partial charge in [-0.25, -0.2) is 9.97 Å². The van der Waals surface area contributed by atoms with E-state index in [1.54, 1.807) is 13.2 Å². The van der Waals surface area contributed by atoms with Crippen molar-refractivity contribution in [3.8, 4) is 11.8 Å². The van der Waals surface area contributed by atoms with Crippen molar-refractivity contribution in [3.05, 3.63) is 47.4 Å². The molecule has 0 radical (unpaired) electrons. The van der Waals surface area contributed by atoms with Crippen molar-refractivity contribution < 1.29 is 14.1 Å². The van der Waals surface area contributed by atoms with E-state index < -0.39 is 16.9 Å². The number of rotatable bonds is 10. The van der Waals surface area contributed by atoms with Crippen LogP contribution in [0.1, 0.15) is 89.0 Å². The number of carbonyl (C=O) groups excluding carboxylic acids is 1. The van der Waals surface area contributed by atoms with E-state index in [1.165, 1.54) is 25.2 Å². The molecule has 0 bridgehead atoms. The Balaban J connectivity index is 0.00000281. The number of carbonyl (C=O) groups is 1. The number of aliphatic hydroxyl groups excluding tert-OH is 1. The van der Waals surface area contributed by atoms with Crippen molar-refractivity contribution in [2.75, 3.05) is 11.6 Å². The van der Waals surface area contributed by atoms with Crippen LogP contribution in [0.2, 0.25) is 0 Å². The molecule has 34 heavy (non-hydrogen) atoms. The second-order valence-corrected chi connectivity index (χ2v) is 9.30. The molecule has 0 aliphatic rings. The van der Waals surface area contributed by atoms with Gasteiger partial charge in [-0.3, -0.25) is 9.00 Å². The van der Waals surface area contributed by atoms with Crippen molar-refractivity contribution in [1.29, 1.82) is 0 Å². The molecule has 1 heterocycles. The summed E-state index contributed by atoms with van der Waals surface area (Å²) < 4.78 is 11.9. The highest BCUT2D eigenvalue weighted by molar-refractivity contribution is 7.84. The highest BCUT2D eigenvalue weighted by Crippen LogP contribution is 2.27. The zero-order valence-electron chi connectivity index (χ0n) is 21.4. The SMILES string of the molecule is CC.CCCCCCCC(C(=O)Nc1cnc(C#CC(C)O)cn1)c1ccc(S(C)=O)c(C)c1. The molecule has 1 amide bonds. The average Bonchev–Trinajstić information content (AvgIpc) is 2.81. The smallest absolute Gasteiger partial charge is 0.233 e. The van der Waals surface area contributed by atoms with Crippen LogP contribution in [0.15, 0.2) is 35.5 Å². The molecule has 2 rings (SSSR count). The largest absolute Gasteiger partial charge is 0.381 e. The summed E-state index contributed by atoms with van der Waals surface area (Å²) in [5.74, 6) is 5.23. The van der Waals surface area contributed by atoms with E-state index in [0.717, 1.165) is 41.7 Å². The molecule has 0 saturated heterocycles. The minimum Gasteiger partial charge on any atom is -0.381 e. The fourth-order valence-corrected chi connectivity index (χ4v) is 4.23. The van der Waals surface area contributed by atoms with Crippen LogP contribution in [0, 0.1) is 18.8 Å². The molecule has 0 aliphatic heterocycles. The summed E-state index contributed by atoms with van der Waals surface area (Å²) in [5.41, 5.74) is 2.26. The molecule has 2 aromatic rings. The summed E-state index contributed by atoms with van der Waals surface area (Å²) >= 11 is 0. The van der Waals surface area contributed by atoms with Crippen LogP contribution in [-0.2, 0) is 15.6 Å². The molecule has 3 unspecified atom stereocenters. The van der Waals surface area contributed by atoms with Gasteiger partial charge in [0.15, 0.2) is 5.82 Å². The van der Waals surface area contributed by atoms with Gasteiger partial charge in [0.2, 0.25) is 5.91 Å². The number of nitrogens with zero attached hydrogens (tertiary/aromatic N) is 2. The van der Waals surface area contributed by atoms with Gasteiger partial charge in [0.1, 0.15) is 11.8 Å². The Kier molecular flexibility index (Phi) is 14.0. The third kappa shape index (κ3) is 10.1. The molecular weight excluding hydrogens is 446 g/mol. The Hall–Kier alpha value is -2.56. The van der Waals surface area contributed by atoms with Gasteiger partial charge >= 0.3 is 0 Å². The second-order valence-electron chi connectivity index (χ2n) is 7.96. The van der Waals surface area contributed by atoms with Gasteiger partial charge in [-0.15, -0.1) is 0 Å². The monoisotopic (exact) mass is 485 g/mol. The predicted molar refractivity (Wildman–Crippen MR) is 140 cm³/mol. The molecule has 7 heteroatoms. The van der Waals surface area contributed by atoms with Gasteiger partial charge in [0, 0.05) is 11.2 Å². The predicted octanol–water partition coefficient (Wildman–Crippen LogP) is 5.36. The number of unbranched alkanes of at least 4 members (excludes halogenated alkanes) is 4. The fraction of sp³-hybridized carbons (Fsp3) is 0.519. The van der Waals surface area contributed by atoms with Crippen LogP contribution in [-0.4, -0.2) is 37.6 Å². The molecule has 2 N–H and O–H groups in total. The number of aryl methyl sites for hydroxylation is 1. The van der Waals surface area contributed by atoms with E-state index in [-0.39, 0.29) is 11.8 Å². The summed E-state index contributed by atoms with van der Waals surface area (Å²) in [6.07, 6.45) is 10.2. The Morgan fingerprint density at radius 2 is 1.85 bits per heavy atom. The summed E-state index contributed by atoms with van der Waals surface area (Å²) in [6.45, 7) is 9.68. The fourth-order valence-electron chi connectivity index (χ4n) is 3.46. The van der Waals surface area contributed by atoms with Gasteiger partial charge < -0.3 is 10.4 Å². The van der Waals surface area contributed by atoms with E-state index in [1.807, 2.05) is 39.0 Å². The molecule has 0 saturated carbocycles. The topological polar surface area (TPSA) is 92.2 Å². The molecule has 186 valence electrons. The highest BCUT2D eigenvalue weighted by atomic mass is 32.2. The first kappa shape index (κ1) is 29.5. The van der Waals surface area contributed by atoms with Crippen LogP contribution in [0.25, 0.3) is 0 Å². The first-order valence-electron chi connectivity index (χ1n) is 12.1. The minimum atomic E-state index is -1.07. The Morgan fingerprint density at radius 3 is 2.41 bits per heavy atom. The minimum absolute atomic E-state index is 0.137.